The van der Waals surface area contributed by atoms with Gasteiger partial charge in [-0.2, -0.15) is 0 Å². The maximum absolute atomic E-state index is 12.3. The second-order valence-electron chi connectivity index (χ2n) is 6.79. The van der Waals surface area contributed by atoms with E-state index < -0.39 is 0 Å². The highest BCUT2D eigenvalue weighted by Crippen LogP contribution is 2.38. The molecular weight excluding hydrogens is 337 g/mol. The second kappa shape index (κ2) is 10.0. The molecule has 3 N–H and O–H groups in total. The molecule has 5 nitrogen and oxygen atoms in total. The van der Waals surface area contributed by atoms with Gasteiger partial charge in [-0.3, -0.25) is 9.69 Å². The van der Waals surface area contributed by atoms with Crippen LogP contribution in [0.15, 0.2) is 0 Å². The molecule has 1 saturated heterocycles. The first kappa shape index (κ1) is 22.9. The number of nitrogens with zero attached hydrogens (tertiary/aromatic N) is 1. The predicted molar refractivity (Wildman–Crippen MR) is 98.5 cm³/mol. The van der Waals surface area contributed by atoms with Crippen LogP contribution in [-0.2, 0) is 9.53 Å². The third-order valence-corrected chi connectivity index (χ3v) is 5.48. The first-order chi connectivity index (χ1) is 9.97. The fourth-order valence-electron chi connectivity index (χ4n) is 3.74. The van der Waals surface area contributed by atoms with Gasteiger partial charge < -0.3 is 15.8 Å². The predicted octanol–water partition coefficient (Wildman–Crippen LogP) is 1.96. The van der Waals surface area contributed by atoms with E-state index in [-0.39, 0.29) is 54.3 Å². The Bertz CT molecular complexity index is 357. The highest BCUT2D eigenvalue weighted by atomic mass is 35.5. The van der Waals surface area contributed by atoms with Gasteiger partial charge in [0.25, 0.3) is 0 Å². The molecule has 1 heterocycles. The number of ether oxygens (including phenoxy) is 1. The van der Waals surface area contributed by atoms with Crippen molar-refractivity contribution >= 4 is 30.7 Å². The molecule has 0 spiro atoms. The van der Waals surface area contributed by atoms with Gasteiger partial charge in [-0.1, -0.05) is 19.8 Å². The van der Waals surface area contributed by atoms with Crippen LogP contribution in [-0.4, -0.2) is 54.7 Å². The van der Waals surface area contributed by atoms with Crippen molar-refractivity contribution < 1.29 is 9.53 Å². The van der Waals surface area contributed by atoms with Gasteiger partial charge in [-0.15, -0.1) is 24.8 Å². The number of amides is 1. The van der Waals surface area contributed by atoms with E-state index in [4.69, 9.17) is 10.5 Å². The normalized spacial score (nSPS) is 24.7. The zero-order valence-corrected chi connectivity index (χ0v) is 16.2. The average Bonchev–Trinajstić information content (AvgIpc) is 2.98. The number of hydrogen-bond acceptors (Lipinski definition) is 4. The zero-order valence-electron chi connectivity index (χ0n) is 14.5. The number of nitrogens with two attached hydrogens (primary N) is 1. The van der Waals surface area contributed by atoms with E-state index in [2.05, 4.69) is 17.1 Å². The van der Waals surface area contributed by atoms with Gasteiger partial charge in [0.2, 0.25) is 5.91 Å². The van der Waals surface area contributed by atoms with Gasteiger partial charge in [0.1, 0.15) is 0 Å². The largest absolute Gasteiger partial charge is 0.379 e. The van der Waals surface area contributed by atoms with Crippen LogP contribution in [0.5, 0.6) is 0 Å². The third kappa shape index (κ3) is 5.20. The summed E-state index contributed by atoms with van der Waals surface area (Å²) in [5, 5.41) is 3.24. The average molecular weight is 370 g/mol. The summed E-state index contributed by atoms with van der Waals surface area (Å²) in [5.41, 5.74) is 5.96. The molecule has 0 radical (unpaired) electrons. The number of morpholine rings is 1. The minimum atomic E-state index is -0.143. The van der Waals surface area contributed by atoms with Crippen LogP contribution in [0.4, 0.5) is 0 Å². The smallest absolute Gasteiger partial charge is 0.224 e. The number of nitrogens with one attached hydrogen (secondary N) is 1. The Morgan fingerprint density at radius 1 is 1.13 bits per heavy atom. The van der Waals surface area contributed by atoms with Crippen LogP contribution >= 0.6 is 24.8 Å². The van der Waals surface area contributed by atoms with Crippen molar-refractivity contribution in [2.45, 2.75) is 64.1 Å². The molecule has 23 heavy (non-hydrogen) atoms. The number of carbonyl (C=O) groups is 1. The van der Waals surface area contributed by atoms with Crippen LogP contribution in [0.3, 0.4) is 0 Å². The molecule has 1 aliphatic carbocycles. The Morgan fingerprint density at radius 2 is 1.65 bits per heavy atom. The van der Waals surface area contributed by atoms with Gasteiger partial charge in [0.15, 0.2) is 0 Å². The van der Waals surface area contributed by atoms with Crippen LogP contribution in [0.1, 0.15) is 46.5 Å². The molecule has 138 valence electrons. The summed E-state index contributed by atoms with van der Waals surface area (Å²) in [6.07, 6.45) is 4.84. The van der Waals surface area contributed by atoms with Gasteiger partial charge in [0, 0.05) is 36.6 Å². The SMILES string of the molecule is CC(N)C(C)C(=O)NC(C)C1(N2CCOCC2)CCCC1.Cl.Cl. The van der Waals surface area contributed by atoms with Crippen LogP contribution < -0.4 is 11.1 Å². The van der Waals surface area contributed by atoms with Crippen molar-refractivity contribution in [3.63, 3.8) is 0 Å². The molecule has 3 atom stereocenters. The molecule has 3 unspecified atom stereocenters. The van der Waals surface area contributed by atoms with Crippen molar-refractivity contribution in [3.8, 4) is 0 Å². The summed E-state index contributed by atoms with van der Waals surface area (Å²) in [4.78, 5) is 14.9. The van der Waals surface area contributed by atoms with E-state index in [1.54, 1.807) is 0 Å². The lowest BCUT2D eigenvalue weighted by atomic mass is 9.86. The molecule has 0 aromatic carbocycles. The summed E-state index contributed by atoms with van der Waals surface area (Å²) >= 11 is 0. The highest BCUT2D eigenvalue weighted by molar-refractivity contribution is 5.85. The summed E-state index contributed by atoms with van der Waals surface area (Å²) in [6.45, 7) is 9.51. The lowest BCUT2D eigenvalue weighted by Crippen LogP contribution is -2.62. The number of hydrogen-bond donors (Lipinski definition) is 2. The monoisotopic (exact) mass is 369 g/mol. The molecule has 2 rings (SSSR count). The Hall–Kier alpha value is -0.0700. The quantitative estimate of drug-likeness (QED) is 0.777. The Morgan fingerprint density at radius 3 is 2.13 bits per heavy atom. The third-order valence-electron chi connectivity index (χ3n) is 5.48. The molecular formula is C16H33Cl2N3O2. The van der Waals surface area contributed by atoms with Crippen LogP contribution in [0, 0.1) is 5.92 Å². The Balaban J connectivity index is 0.00000242. The van der Waals surface area contributed by atoms with E-state index in [0.29, 0.717) is 0 Å². The lowest BCUT2D eigenvalue weighted by molar-refractivity contribution is -0.127. The molecule has 2 aliphatic rings. The van der Waals surface area contributed by atoms with E-state index in [9.17, 15) is 4.79 Å². The lowest BCUT2D eigenvalue weighted by Gasteiger charge is -2.47. The molecule has 7 heteroatoms. The summed E-state index contributed by atoms with van der Waals surface area (Å²) in [5.74, 6) is -0.0624. The van der Waals surface area contributed by atoms with Crippen molar-refractivity contribution in [2.24, 2.45) is 11.7 Å². The van der Waals surface area contributed by atoms with E-state index in [0.717, 1.165) is 26.3 Å². The topological polar surface area (TPSA) is 67.6 Å². The van der Waals surface area contributed by atoms with Gasteiger partial charge in [-0.05, 0) is 26.7 Å². The molecule has 1 amide bonds. The Labute approximate surface area is 152 Å². The van der Waals surface area contributed by atoms with Crippen LogP contribution in [0.2, 0.25) is 0 Å². The van der Waals surface area contributed by atoms with Crippen molar-refractivity contribution in [2.75, 3.05) is 26.3 Å². The van der Waals surface area contributed by atoms with Crippen molar-refractivity contribution in [3.05, 3.63) is 0 Å². The van der Waals surface area contributed by atoms with Gasteiger partial charge >= 0.3 is 0 Å². The maximum Gasteiger partial charge on any atom is 0.224 e. The fraction of sp³-hybridized carbons (Fsp3) is 0.938. The minimum Gasteiger partial charge on any atom is -0.379 e. The summed E-state index contributed by atoms with van der Waals surface area (Å²) in [6, 6.07) is 0.0481. The standard InChI is InChI=1S/C16H31N3O2.2ClH/c1-12(13(2)17)15(20)18-14(3)16(6-4-5-7-16)19-8-10-21-11-9-19;;/h12-14H,4-11,17H2,1-3H3,(H,18,20);2*1H. The first-order valence-corrected chi connectivity index (χ1v) is 8.36. The molecule has 0 bridgehead atoms. The van der Waals surface area contributed by atoms with E-state index >= 15 is 0 Å². The molecule has 1 saturated carbocycles. The van der Waals surface area contributed by atoms with Crippen molar-refractivity contribution in [1.29, 1.82) is 0 Å². The Kier molecular flexibility index (Phi) is 10.0. The second-order valence-corrected chi connectivity index (χ2v) is 6.79. The van der Waals surface area contributed by atoms with Crippen molar-refractivity contribution in [1.82, 2.24) is 10.2 Å². The fourth-order valence-corrected chi connectivity index (χ4v) is 3.74. The van der Waals surface area contributed by atoms with E-state index in [1.807, 2.05) is 13.8 Å². The summed E-state index contributed by atoms with van der Waals surface area (Å²) in [7, 11) is 0. The van der Waals surface area contributed by atoms with E-state index in [1.165, 1.54) is 25.7 Å². The van der Waals surface area contributed by atoms with Crippen LogP contribution in [0.25, 0.3) is 0 Å². The van der Waals surface area contributed by atoms with Gasteiger partial charge in [-0.25, -0.2) is 0 Å². The molecule has 0 aromatic rings. The minimum absolute atomic E-state index is 0. The zero-order chi connectivity index (χ0) is 15.5. The molecule has 0 aromatic heterocycles. The first-order valence-electron chi connectivity index (χ1n) is 8.36. The maximum atomic E-state index is 12.3. The molecule has 1 aliphatic heterocycles. The summed E-state index contributed by atoms with van der Waals surface area (Å²) < 4.78 is 5.49. The number of halogens is 2. The molecule has 2 fully saturated rings. The highest BCUT2D eigenvalue weighted by Gasteiger charge is 2.45. The van der Waals surface area contributed by atoms with Gasteiger partial charge in [0.05, 0.1) is 13.2 Å². The number of carbonyl (C=O) groups excluding carboxylic acids is 1. The number of rotatable bonds is 5.